The van der Waals surface area contributed by atoms with E-state index < -0.39 is 5.97 Å². The molecule has 1 aromatic heterocycles. The number of carbonyl (C=O) groups is 1. The van der Waals surface area contributed by atoms with E-state index in [1.165, 1.54) is 11.1 Å². The highest BCUT2D eigenvalue weighted by Crippen LogP contribution is 2.34. The summed E-state index contributed by atoms with van der Waals surface area (Å²) in [5.41, 5.74) is 5.27. The van der Waals surface area contributed by atoms with Gasteiger partial charge in [0.2, 0.25) is 11.6 Å². The molecule has 3 aromatic rings. The Balaban J connectivity index is 1.47. The zero-order chi connectivity index (χ0) is 23.9. The van der Waals surface area contributed by atoms with Gasteiger partial charge < -0.3 is 18.6 Å². The smallest absolute Gasteiger partial charge is 0.373 e. The monoisotopic (exact) mass is 461 g/mol. The fraction of sp³-hybridized carbons (Fsp3) is 0.357. The average molecular weight is 462 g/mol. The Kier molecular flexibility index (Phi) is 7.68. The van der Waals surface area contributed by atoms with Gasteiger partial charge in [-0.15, -0.1) is 0 Å². The normalized spacial score (nSPS) is 13.0. The number of aromatic nitrogens is 1. The Morgan fingerprint density at radius 3 is 2.56 bits per heavy atom. The van der Waals surface area contributed by atoms with E-state index in [1.807, 2.05) is 56.3 Å². The first-order valence-electron chi connectivity index (χ1n) is 11.9. The molecule has 178 valence electrons. The highest BCUT2D eigenvalue weighted by atomic mass is 16.6. The Morgan fingerprint density at radius 1 is 1.03 bits per heavy atom. The summed E-state index contributed by atoms with van der Waals surface area (Å²) in [5.74, 6) is 2.15. The second-order valence-corrected chi connectivity index (χ2v) is 8.11. The second kappa shape index (κ2) is 11.1. The van der Waals surface area contributed by atoms with Crippen molar-refractivity contribution in [2.75, 3.05) is 19.8 Å². The molecular formula is C28H31NO5. The number of hydrogen-bond acceptors (Lipinski definition) is 6. The molecule has 1 aliphatic rings. The van der Waals surface area contributed by atoms with Crippen molar-refractivity contribution in [2.45, 2.75) is 46.5 Å². The van der Waals surface area contributed by atoms with Crippen LogP contribution < -0.4 is 4.74 Å². The van der Waals surface area contributed by atoms with Crippen LogP contribution in [-0.2, 0) is 33.5 Å². The summed E-state index contributed by atoms with van der Waals surface area (Å²) in [6.45, 7) is 6.80. The summed E-state index contributed by atoms with van der Waals surface area (Å²) in [5, 5.41) is 0. The highest BCUT2D eigenvalue weighted by molar-refractivity contribution is 5.92. The highest BCUT2D eigenvalue weighted by Gasteiger charge is 2.21. The van der Waals surface area contributed by atoms with Crippen molar-refractivity contribution in [2.24, 2.45) is 0 Å². The maximum Gasteiger partial charge on any atom is 0.373 e. The van der Waals surface area contributed by atoms with E-state index in [0.29, 0.717) is 32.1 Å². The summed E-state index contributed by atoms with van der Waals surface area (Å²) in [6, 6.07) is 13.9. The van der Waals surface area contributed by atoms with E-state index in [2.05, 4.69) is 4.98 Å². The number of nitrogens with zero attached hydrogens (tertiary/aromatic N) is 1. The number of rotatable bonds is 10. The summed E-state index contributed by atoms with van der Waals surface area (Å²) >= 11 is 0. The minimum Gasteiger partial charge on any atom is -0.493 e. The topological polar surface area (TPSA) is 70.8 Å². The largest absolute Gasteiger partial charge is 0.493 e. The first-order valence-corrected chi connectivity index (χ1v) is 11.9. The number of benzene rings is 2. The van der Waals surface area contributed by atoms with Gasteiger partial charge in [-0.25, -0.2) is 9.78 Å². The molecule has 0 unspecified atom stereocenters. The SMILES string of the molecule is CCOC(=O)C(=Cc1ccc(OCCc2nc(-c3ccccc3)oc2C)c2c1CCC2)OCC. The molecule has 0 radical (unpaired) electrons. The molecule has 2 aromatic carbocycles. The van der Waals surface area contributed by atoms with Crippen LogP contribution in [0.3, 0.4) is 0 Å². The maximum atomic E-state index is 12.2. The fourth-order valence-electron chi connectivity index (χ4n) is 4.25. The van der Waals surface area contributed by atoms with Crippen LogP contribution in [0.2, 0.25) is 0 Å². The molecule has 0 spiro atoms. The van der Waals surface area contributed by atoms with E-state index in [4.69, 9.17) is 18.6 Å². The average Bonchev–Trinajstić information content (AvgIpc) is 3.48. The molecular weight excluding hydrogens is 430 g/mol. The lowest BCUT2D eigenvalue weighted by Gasteiger charge is -2.14. The van der Waals surface area contributed by atoms with Crippen LogP contribution in [0, 0.1) is 6.92 Å². The van der Waals surface area contributed by atoms with Crippen molar-refractivity contribution < 1.29 is 23.4 Å². The minimum absolute atomic E-state index is 0.239. The summed E-state index contributed by atoms with van der Waals surface area (Å²) in [7, 11) is 0. The van der Waals surface area contributed by atoms with Gasteiger partial charge in [-0.2, -0.15) is 0 Å². The number of ether oxygens (including phenoxy) is 3. The van der Waals surface area contributed by atoms with Crippen molar-refractivity contribution in [3.8, 4) is 17.2 Å². The number of hydrogen-bond donors (Lipinski definition) is 0. The van der Waals surface area contributed by atoms with Crippen LogP contribution in [0.5, 0.6) is 5.75 Å². The van der Waals surface area contributed by atoms with Crippen molar-refractivity contribution in [1.82, 2.24) is 4.98 Å². The van der Waals surface area contributed by atoms with Gasteiger partial charge in [0.15, 0.2) is 0 Å². The van der Waals surface area contributed by atoms with Gasteiger partial charge in [0.05, 0.1) is 25.5 Å². The van der Waals surface area contributed by atoms with Gasteiger partial charge >= 0.3 is 5.97 Å². The molecule has 34 heavy (non-hydrogen) atoms. The van der Waals surface area contributed by atoms with Gasteiger partial charge in [-0.1, -0.05) is 24.3 Å². The van der Waals surface area contributed by atoms with Gasteiger partial charge in [0.1, 0.15) is 11.5 Å². The Labute approximate surface area is 200 Å². The predicted molar refractivity (Wildman–Crippen MR) is 131 cm³/mol. The number of oxazole rings is 1. The standard InChI is InChI=1S/C28H31NO5/c1-4-31-26(28(30)32-5-2)18-21-14-15-25(23-13-9-12-22(21)23)33-17-16-24-19(3)34-27(29-24)20-10-7-6-8-11-20/h6-8,10-11,14-15,18H,4-5,9,12-13,16-17H2,1-3H3. The first kappa shape index (κ1) is 23.6. The molecule has 0 saturated carbocycles. The van der Waals surface area contributed by atoms with Crippen molar-refractivity contribution in [3.63, 3.8) is 0 Å². The Bertz CT molecular complexity index is 1160. The third-order valence-corrected chi connectivity index (χ3v) is 5.85. The molecule has 0 N–H and O–H groups in total. The van der Waals surface area contributed by atoms with E-state index in [1.54, 1.807) is 13.0 Å². The molecule has 1 heterocycles. The number of aryl methyl sites for hydroxylation is 1. The molecule has 0 bridgehead atoms. The molecule has 6 heteroatoms. The lowest BCUT2D eigenvalue weighted by atomic mass is 10.0. The minimum atomic E-state index is -0.436. The van der Waals surface area contributed by atoms with Gasteiger partial charge in [0.25, 0.3) is 0 Å². The molecule has 1 aliphatic carbocycles. The number of fused-ring (bicyclic) bond motifs is 1. The van der Waals surface area contributed by atoms with Crippen molar-refractivity contribution in [3.05, 3.63) is 76.4 Å². The summed E-state index contributed by atoms with van der Waals surface area (Å²) < 4.78 is 22.7. The third kappa shape index (κ3) is 5.33. The Morgan fingerprint density at radius 2 is 1.79 bits per heavy atom. The lowest BCUT2D eigenvalue weighted by molar-refractivity contribution is -0.142. The van der Waals surface area contributed by atoms with Crippen molar-refractivity contribution in [1.29, 1.82) is 0 Å². The molecule has 0 atom stereocenters. The zero-order valence-electron chi connectivity index (χ0n) is 20.1. The fourth-order valence-corrected chi connectivity index (χ4v) is 4.25. The van der Waals surface area contributed by atoms with Crippen LogP contribution in [0.4, 0.5) is 0 Å². The van der Waals surface area contributed by atoms with Gasteiger partial charge in [-0.3, -0.25) is 0 Å². The molecule has 0 fully saturated rings. The molecule has 0 aliphatic heterocycles. The van der Waals surface area contributed by atoms with Gasteiger partial charge in [-0.05, 0) is 81.0 Å². The molecule has 4 rings (SSSR count). The lowest BCUT2D eigenvalue weighted by Crippen LogP contribution is -2.11. The second-order valence-electron chi connectivity index (χ2n) is 8.11. The first-order chi connectivity index (χ1) is 16.6. The number of esters is 1. The molecule has 0 amide bonds. The zero-order valence-corrected chi connectivity index (χ0v) is 20.1. The molecule has 6 nitrogen and oxygen atoms in total. The predicted octanol–water partition coefficient (Wildman–Crippen LogP) is 5.70. The van der Waals surface area contributed by atoms with Crippen LogP contribution in [0.25, 0.3) is 17.5 Å². The summed E-state index contributed by atoms with van der Waals surface area (Å²) in [6.07, 6.45) is 5.41. The van der Waals surface area contributed by atoms with Crippen molar-refractivity contribution >= 4 is 12.0 Å². The quantitative estimate of drug-likeness (QED) is 0.219. The summed E-state index contributed by atoms with van der Waals surface area (Å²) in [4.78, 5) is 16.9. The van der Waals surface area contributed by atoms with Crippen LogP contribution >= 0.6 is 0 Å². The van der Waals surface area contributed by atoms with E-state index in [-0.39, 0.29) is 5.76 Å². The number of carbonyl (C=O) groups excluding carboxylic acids is 1. The Hall–Kier alpha value is -3.54. The van der Waals surface area contributed by atoms with Crippen LogP contribution in [0.1, 0.15) is 48.4 Å². The van der Waals surface area contributed by atoms with E-state index in [9.17, 15) is 4.79 Å². The van der Waals surface area contributed by atoms with Gasteiger partial charge in [0, 0.05) is 12.0 Å². The maximum absolute atomic E-state index is 12.2. The van der Waals surface area contributed by atoms with Crippen LogP contribution in [0.15, 0.2) is 52.6 Å². The van der Waals surface area contributed by atoms with E-state index >= 15 is 0 Å². The van der Waals surface area contributed by atoms with E-state index in [0.717, 1.165) is 47.6 Å². The third-order valence-electron chi connectivity index (χ3n) is 5.85. The molecule has 0 saturated heterocycles. The van der Waals surface area contributed by atoms with Crippen LogP contribution in [-0.4, -0.2) is 30.8 Å².